The van der Waals surface area contributed by atoms with Crippen LogP contribution in [0.25, 0.3) is 0 Å². The molecule has 82 valence electrons. The van der Waals surface area contributed by atoms with Crippen LogP contribution in [-0.2, 0) is 0 Å². The summed E-state index contributed by atoms with van der Waals surface area (Å²) in [6.07, 6.45) is 4.84. The highest BCUT2D eigenvalue weighted by Crippen LogP contribution is 2.25. The first-order valence-electron chi connectivity index (χ1n) is 5.29. The minimum absolute atomic E-state index is 0.132. The molecule has 0 aliphatic heterocycles. The number of anilines is 1. The zero-order chi connectivity index (χ0) is 10.7. The molecule has 3 nitrogen and oxygen atoms in total. The van der Waals surface area contributed by atoms with E-state index in [1.165, 1.54) is 0 Å². The molecule has 1 saturated carbocycles. The molecule has 1 fully saturated rings. The van der Waals surface area contributed by atoms with Crippen LogP contribution in [-0.4, -0.2) is 22.7 Å². The number of rotatable bonds is 3. The Morgan fingerprint density at radius 3 is 2.93 bits per heavy atom. The highest BCUT2D eigenvalue weighted by Gasteiger charge is 2.24. The van der Waals surface area contributed by atoms with Crippen LogP contribution in [0.5, 0.6) is 0 Å². The van der Waals surface area contributed by atoms with Crippen LogP contribution in [0.3, 0.4) is 0 Å². The molecule has 4 heteroatoms. The van der Waals surface area contributed by atoms with Crippen molar-refractivity contribution < 1.29 is 5.11 Å². The van der Waals surface area contributed by atoms with E-state index in [9.17, 15) is 5.11 Å². The van der Waals surface area contributed by atoms with Crippen molar-refractivity contribution in [1.29, 1.82) is 0 Å². The lowest BCUT2D eigenvalue weighted by atomic mass is 10.1. The Morgan fingerprint density at radius 1 is 1.47 bits per heavy atom. The number of aliphatic hydroxyl groups is 1. The van der Waals surface area contributed by atoms with Crippen LogP contribution in [0.2, 0.25) is 0 Å². The van der Waals surface area contributed by atoms with Gasteiger partial charge in [0.25, 0.3) is 0 Å². The molecule has 0 radical (unpaired) electrons. The molecule has 0 aromatic carbocycles. The van der Waals surface area contributed by atoms with Gasteiger partial charge in [-0.25, -0.2) is 4.98 Å². The second-order valence-corrected chi connectivity index (χ2v) is 4.92. The minimum Gasteiger partial charge on any atom is -0.393 e. The van der Waals surface area contributed by atoms with E-state index in [0.717, 1.165) is 36.1 Å². The van der Waals surface area contributed by atoms with Gasteiger partial charge in [0, 0.05) is 23.1 Å². The molecule has 0 spiro atoms. The molecule has 2 rings (SSSR count). The third-order valence-corrected chi connectivity index (χ3v) is 3.36. The van der Waals surface area contributed by atoms with Crippen molar-refractivity contribution in [3.05, 3.63) is 22.8 Å². The molecule has 1 heterocycles. The molecule has 2 N–H and O–H groups in total. The van der Waals surface area contributed by atoms with Gasteiger partial charge >= 0.3 is 0 Å². The number of nitrogens with one attached hydrogen (secondary N) is 1. The van der Waals surface area contributed by atoms with Gasteiger partial charge in [0.2, 0.25) is 0 Å². The fraction of sp³-hybridized carbons (Fsp3) is 0.545. The predicted molar refractivity (Wildman–Crippen MR) is 63.8 cm³/mol. The van der Waals surface area contributed by atoms with Crippen molar-refractivity contribution >= 4 is 21.7 Å². The number of pyridine rings is 1. The summed E-state index contributed by atoms with van der Waals surface area (Å²) in [7, 11) is 0. The summed E-state index contributed by atoms with van der Waals surface area (Å²) >= 11 is 3.34. The van der Waals surface area contributed by atoms with Gasteiger partial charge < -0.3 is 10.4 Å². The normalized spacial score (nSPS) is 25.5. The first kappa shape index (κ1) is 10.9. The number of hydrogen-bond acceptors (Lipinski definition) is 3. The molecule has 0 saturated heterocycles. The average Bonchev–Trinajstić information content (AvgIpc) is 2.63. The number of aliphatic hydroxyl groups excluding tert-OH is 1. The monoisotopic (exact) mass is 270 g/mol. The molecule has 1 aliphatic carbocycles. The molecule has 0 amide bonds. The lowest BCUT2D eigenvalue weighted by Gasteiger charge is -2.15. The molecule has 15 heavy (non-hydrogen) atoms. The zero-order valence-corrected chi connectivity index (χ0v) is 10.1. The zero-order valence-electron chi connectivity index (χ0n) is 8.49. The van der Waals surface area contributed by atoms with Crippen LogP contribution in [0, 0.1) is 5.92 Å². The van der Waals surface area contributed by atoms with E-state index in [0.29, 0.717) is 5.92 Å². The molecule has 1 aliphatic rings. The maximum absolute atomic E-state index is 9.64. The van der Waals surface area contributed by atoms with Crippen molar-refractivity contribution in [1.82, 2.24) is 4.98 Å². The van der Waals surface area contributed by atoms with E-state index in [4.69, 9.17) is 0 Å². The number of nitrogens with zero attached hydrogens (tertiary/aromatic N) is 1. The quantitative estimate of drug-likeness (QED) is 0.887. The Labute approximate surface area is 98.0 Å². The minimum atomic E-state index is -0.132. The molecule has 2 unspecified atom stereocenters. The Bertz CT molecular complexity index is 315. The molecule has 0 bridgehead atoms. The number of hydrogen-bond donors (Lipinski definition) is 2. The average molecular weight is 271 g/mol. The van der Waals surface area contributed by atoms with Gasteiger partial charge in [-0.1, -0.05) is 6.42 Å². The van der Waals surface area contributed by atoms with Crippen molar-refractivity contribution in [2.24, 2.45) is 5.92 Å². The Morgan fingerprint density at radius 2 is 2.33 bits per heavy atom. The van der Waals surface area contributed by atoms with E-state index in [1.54, 1.807) is 6.20 Å². The summed E-state index contributed by atoms with van der Waals surface area (Å²) in [5.74, 6) is 1.26. The summed E-state index contributed by atoms with van der Waals surface area (Å²) in [5, 5.41) is 12.9. The third-order valence-electron chi connectivity index (χ3n) is 2.89. The predicted octanol–water partition coefficient (Wildman–Crippen LogP) is 2.42. The van der Waals surface area contributed by atoms with Crippen LogP contribution in [0.1, 0.15) is 19.3 Å². The van der Waals surface area contributed by atoms with E-state index in [1.807, 2.05) is 12.1 Å². The lowest BCUT2D eigenvalue weighted by molar-refractivity contribution is 0.138. The van der Waals surface area contributed by atoms with Gasteiger partial charge in [0.1, 0.15) is 5.82 Å². The van der Waals surface area contributed by atoms with Gasteiger partial charge in [0.05, 0.1) is 6.10 Å². The molecule has 1 aromatic rings. The summed E-state index contributed by atoms with van der Waals surface area (Å²) in [4.78, 5) is 4.22. The van der Waals surface area contributed by atoms with Crippen molar-refractivity contribution in [3.8, 4) is 0 Å². The molecular formula is C11H15BrN2O. The molecular weight excluding hydrogens is 256 g/mol. The second kappa shape index (κ2) is 4.94. The van der Waals surface area contributed by atoms with Crippen LogP contribution >= 0.6 is 15.9 Å². The van der Waals surface area contributed by atoms with Gasteiger partial charge in [0.15, 0.2) is 0 Å². The van der Waals surface area contributed by atoms with Crippen LogP contribution in [0.4, 0.5) is 5.82 Å². The maximum atomic E-state index is 9.64. The van der Waals surface area contributed by atoms with E-state index < -0.39 is 0 Å². The maximum Gasteiger partial charge on any atom is 0.125 e. The second-order valence-electron chi connectivity index (χ2n) is 4.00. The molecule has 1 aromatic heterocycles. The Hall–Kier alpha value is -0.610. The first-order chi connectivity index (χ1) is 7.25. The lowest BCUT2D eigenvalue weighted by Crippen LogP contribution is -2.22. The standard InChI is InChI=1S/C11H15BrN2O/c12-9-4-5-11(14-7-9)13-6-8-2-1-3-10(8)15/h4-5,7-8,10,15H,1-3,6H2,(H,13,14). The summed E-state index contributed by atoms with van der Waals surface area (Å²) in [5.41, 5.74) is 0. The van der Waals surface area contributed by atoms with Crippen molar-refractivity contribution in [2.45, 2.75) is 25.4 Å². The van der Waals surface area contributed by atoms with Crippen LogP contribution in [0.15, 0.2) is 22.8 Å². The Balaban J connectivity index is 1.85. The fourth-order valence-corrected chi connectivity index (χ4v) is 2.21. The largest absolute Gasteiger partial charge is 0.393 e. The van der Waals surface area contributed by atoms with E-state index >= 15 is 0 Å². The SMILES string of the molecule is OC1CCCC1CNc1ccc(Br)cn1. The van der Waals surface area contributed by atoms with Gasteiger partial charge in [-0.2, -0.15) is 0 Å². The third kappa shape index (κ3) is 2.92. The summed E-state index contributed by atoms with van der Waals surface area (Å²) in [6, 6.07) is 3.89. The summed E-state index contributed by atoms with van der Waals surface area (Å²) < 4.78 is 0.981. The van der Waals surface area contributed by atoms with E-state index in [2.05, 4.69) is 26.2 Å². The number of halogens is 1. The van der Waals surface area contributed by atoms with Crippen LogP contribution < -0.4 is 5.32 Å². The number of aromatic nitrogens is 1. The van der Waals surface area contributed by atoms with Crippen molar-refractivity contribution in [3.63, 3.8) is 0 Å². The van der Waals surface area contributed by atoms with Gasteiger partial charge in [-0.3, -0.25) is 0 Å². The first-order valence-corrected chi connectivity index (χ1v) is 6.08. The fourth-order valence-electron chi connectivity index (χ4n) is 1.97. The van der Waals surface area contributed by atoms with Gasteiger partial charge in [-0.15, -0.1) is 0 Å². The van der Waals surface area contributed by atoms with Crippen molar-refractivity contribution in [2.75, 3.05) is 11.9 Å². The highest BCUT2D eigenvalue weighted by atomic mass is 79.9. The highest BCUT2D eigenvalue weighted by molar-refractivity contribution is 9.10. The summed E-state index contributed by atoms with van der Waals surface area (Å²) in [6.45, 7) is 0.815. The topological polar surface area (TPSA) is 45.1 Å². The Kier molecular flexibility index (Phi) is 3.59. The molecule has 2 atom stereocenters. The van der Waals surface area contributed by atoms with E-state index in [-0.39, 0.29) is 6.10 Å². The smallest absolute Gasteiger partial charge is 0.125 e. The van der Waals surface area contributed by atoms with Gasteiger partial charge in [-0.05, 0) is 40.9 Å².